The molecule has 2 amide bonds. The van der Waals surface area contributed by atoms with Gasteiger partial charge in [0.15, 0.2) is 0 Å². The Bertz CT molecular complexity index is 5310. The summed E-state index contributed by atoms with van der Waals surface area (Å²) in [5.74, 6) is -3.16. The zero-order chi connectivity index (χ0) is 85.0. The van der Waals surface area contributed by atoms with Crippen LogP contribution in [0.25, 0.3) is 67.1 Å². The number of rotatable bonds is 32. The first-order valence-corrected chi connectivity index (χ1v) is 41.9. The van der Waals surface area contributed by atoms with Crippen LogP contribution in [0.5, 0.6) is 0 Å². The molecule has 4 aromatic heterocycles. The van der Waals surface area contributed by atoms with E-state index in [0.717, 1.165) is 94.2 Å². The van der Waals surface area contributed by atoms with Gasteiger partial charge in [0.05, 0.1) is 10.8 Å². The molecule has 2 aliphatic heterocycles. The summed E-state index contributed by atoms with van der Waals surface area (Å²) in [5, 5.41) is 6.56. The topological polar surface area (TPSA) is 348 Å². The van der Waals surface area contributed by atoms with Gasteiger partial charge in [-0.25, -0.2) is 28.8 Å². The Balaban J connectivity index is 0.000000245. The predicted molar refractivity (Wildman–Crippen MR) is 452 cm³/mol. The van der Waals surface area contributed by atoms with Crippen molar-refractivity contribution in [3.05, 3.63) is 224 Å². The number of furan rings is 2. The highest BCUT2D eigenvalue weighted by Gasteiger charge is 2.45. The van der Waals surface area contributed by atoms with Gasteiger partial charge in [-0.2, -0.15) is 9.97 Å². The van der Waals surface area contributed by atoms with E-state index in [-0.39, 0.29) is 67.8 Å². The normalized spacial score (nSPS) is 18.3. The monoisotopic (exact) mass is 1640 g/mol. The van der Waals surface area contributed by atoms with Crippen LogP contribution in [0, 0.1) is 23.7 Å². The summed E-state index contributed by atoms with van der Waals surface area (Å²) in [6.45, 7) is 18.1. The van der Waals surface area contributed by atoms with Gasteiger partial charge in [-0.1, -0.05) is 241 Å². The smallest absolute Gasteiger partial charge is 0.407 e. The molecule has 14 rings (SSSR count). The number of carbonyl (C=O) groups is 6. The van der Waals surface area contributed by atoms with E-state index in [9.17, 15) is 38.4 Å². The number of unbranched alkanes of at least 4 members (excludes halogenated alkanes) is 4. The third-order valence-electron chi connectivity index (χ3n) is 22.8. The van der Waals surface area contributed by atoms with Gasteiger partial charge in [0, 0.05) is 48.2 Å². The van der Waals surface area contributed by atoms with Crippen LogP contribution in [0.2, 0.25) is 0 Å². The van der Waals surface area contributed by atoms with Crippen LogP contribution < -0.4 is 33.5 Å². The molecule has 6 heterocycles. The van der Waals surface area contributed by atoms with E-state index < -0.39 is 127 Å². The van der Waals surface area contributed by atoms with Gasteiger partial charge in [0.25, 0.3) is 0 Å². The van der Waals surface area contributed by atoms with E-state index in [2.05, 4.69) is 58.7 Å². The molecule has 2 fully saturated rings. The number of hydrogen-bond donors (Lipinski definition) is 4. The molecule has 6 N–H and O–H groups in total. The number of nitrogens with zero attached hydrogens (tertiary/aromatic N) is 4. The molecule has 6 unspecified atom stereocenters. The third-order valence-corrected chi connectivity index (χ3v) is 22.8. The van der Waals surface area contributed by atoms with Crippen molar-refractivity contribution >= 4 is 58.3 Å². The molecule has 2 saturated heterocycles. The second kappa shape index (κ2) is 39.1. The van der Waals surface area contributed by atoms with E-state index >= 15 is 0 Å². The molecule has 0 bridgehead atoms. The number of amides is 2. The van der Waals surface area contributed by atoms with Crippen LogP contribution in [0.1, 0.15) is 178 Å². The summed E-state index contributed by atoms with van der Waals surface area (Å²) in [6.07, 6.45) is 4.93. The molecular weight excluding hydrogens is 1530 g/mol. The number of fused-ring (bicyclic) bond motifs is 8. The summed E-state index contributed by atoms with van der Waals surface area (Å²) < 4.78 is 61.9. The van der Waals surface area contributed by atoms with Gasteiger partial charge in [0.1, 0.15) is 99.0 Å². The number of aromatic nitrogens is 4. The molecule has 0 spiro atoms. The number of ether oxygens (including phenoxy) is 8. The molecule has 120 heavy (non-hydrogen) atoms. The number of hydrogen-bond acceptors (Lipinski definition) is 22. The highest BCUT2D eigenvalue weighted by Crippen LogP contribution is 2.47. The number of esters is 4. The largest absolute Gasteiger partial charge is 0.462 e. The lowest BCUT2D eigenvalue weighted by Gasteiger charge is -2.26. The minimum Gasteiger partial charge on any atom is -0.462 e. The molecule has 26 heteroatoms. The highest BCUT2D eigenvalue weighted by atomic mass is 16.6. The van der Waals surface area contributed by atoms with Gasteiger partial charge in [-0.05, 0) is 117 Å². The zero-order valence-electron chi connectivity index (χ0n) is 69.6. The number of nitrogens with two attached hydrogens (primary N) is 2. The minimum absolute atomic E-state index is 0.0372. The van der Waals surface area contributed by atoms with E-state index in [0.29, 0.717) is 22.3 Å². The van der Waals surface area contributed by atoms with Gasteiger partial charge in [-0.3, -0.25) is 18.7 Å². The molecule has 632 valence electrons. The van der Waals surface area contributed by atoms with E-state index in [4.69, 9.17) is 58.2 Å². The summed E-state index contributed by atoms with van der Waals surface area (Å²) in [5.41, 5.74) is 23.7. The quantitative estimate of drug-likeness (QED) is 0.0173. The second-order valence-electron chi connectivity index (χ2n) is 32.8. The summed E-state index contributed by atoms with van der Waals surface area (Å²) in [7, 11) is 0. The Morgan fingerprint density at radius 2 is 0.800 bits per heavy atom. The van der Waals surface area contributed by atoms with Crippen molar-refractivity contribution in [1.82, 2.24) is 29.7 Å². The molecule has 26 nitrogen and oxygen atoms in total. The number of aryl methyl sites for hydroxylation is 2. The number of carbonyl (C=O) groups excluding carboxylic acids is 6. The first kappa shape index (κ1) is 86.3. The van der Waals surface area contributed by atoms with Crippen LogP contribution in [-0.4, -0.2) is 130 Å². The molecule has 4 aliphatic rings. The maximum Gasteiger partial charge on any atom is 0.407 e. The molecule has 2 aliphatic carbocycles. The first-order valence-electron chi connectivity index (χ1n) is 41.9. The van der Waals surface area contributed by atoms with Crippen molar-refractivity contribution in [1.29, 1.82) is 0 Å². The lowest BCUT2D eigenvalue weighted by molar-refractivity contribution is -0.163. The lowest BCUT2D eigenvalue weighted by atomic mass is 9.98. The van der Waals surface area contributed by atoms with E-state index in [1.54, 1.807) is 46.2 Å². The van der Waals surface area contributed by atoms with Crippen molar-refractivity contribution in [3.8, 4) is 44.9 Å². The van der Waals surface area contributed by atoms with E-state index in [1.807, 2.05) is 155 Å². The molecule has 10 atom stereocenters. The summed E-state index contributed by atoms with van der Waals surface area (Å²) >= 11 is 0. The van der Waals surface area contributed by atoms with Gasteiger partial charge in [0.2, 0.25) is 11.4 Å². The van der Waals surface area contributed by atoms with Gasteiger partial charge < -0.3 is 68.8 Å². The molecule has 6 aromatic carbocycles. The molecule has 0 radical (unpaired) electrons. The third kappa shape index (κ3) is 20.1. The van der Waals surface area contributed by atoms with Crippen molar-refractivity contribution in [2.24, 2.45) is 35.1 Å². The van der Waals surface area contributed by atoms with Crippen LogP contribution >= 0.6 is 0 Å². The number of nitrogens with one attached hydrogen (secondary N) is 2. The molecule has 10 aromatic rings. The molecular formula is C94H108N8O18. The van der Waals surface area contributed by atoms with Crippen molar-refractivity contribution in [2.45, 2.75) is 206 Å². The Labute approximate surface area is 697 Å². The Kier molecular flexibility index (Phi) is 28.1. The fraction of sp³-hybridized carbons (Fsp3) is 0.426. The van der Waals surface area contributed by atoms with Crippen molar-refractivity contribution < 1.29 is 75.5 Å². The standard InChI is InChI=1S/C62H64N4O11.C32H44N4O7/c1-6-7-8-17-38-26-28-39(29-27-38)51-30-40-32-66(60(69)65-57(40)76-51)54-31-52(77-59(68)56(37(4)5)64-62(71)74-34-50-47-24-15-11-20-43(47)44-21-12-16-25-48(44)50)53(75-54)35-72-58(67)55(36(2)3)63-61(70)73-33-49-45-22-13-9-18-41(45)42-19-10-14-23-46(42)49;1-6-7-8-9-20-10-12-21(13-11-20)23-14-22-16-36(32(39)35-29(22)42-23)26-15-24(43-31(38)28(34)19(4)5)25(41-26)17-40-30(37)27(33)18(2)3/h9-16,18-30,32,36-37,49-50,52-56H,6-8,17,31,33-35H2,1-5H3,(H,63,70)(H,64,71);10-14,16,18-19,24-28H,6-9,15,17,33-34H2,1-5H3/t52?,53-,54-,55?,56?;24?,25-,26-,27?,28?/m11/s1. The average molecular weight is 1640 g/mol. The Hall–Kier alpha value is -11.6. The second-order valence-corrected chi connectivity index (χ2v) is 32.8. The SMILES string of the molecule is CCCCCc1ccc(-c2cc3cn([C@H]4CC(OC(=O)C(N)C(C)C)[C@@H](COC(=O)C(N)C(C)C)O4)c(=O)nc3o2)cc1.CCCCCc1ccc(-c2cc3cn([C@H]4CC(OC(=O)C(NC(=O)OCC5c6ccccc6-c6ccccc65)C(C)C)[C@@H](COC(=O)C(NC(=O)OCC5c6ccccc6-c6ccccc65)C(C)C)O4)c(=O)nc3o2)cc1. The molecule has 0 saturated carbocycles. The number of alkyl carbamates (subject to hydrolysis) is 2. The fourth-order valence-electron chi connectivity index (χ4n) is 15.7. The zero-order valence-corrected chi connectivity index (χ0v) is 69.6. The van der Waals surface area contributed by atoms with Crippen LogP contribution in [0.4, 0.5) is 9.59 Å². The van der Waals surface area contributed by atoms with Crippen LogP contribution in [0.15, 0.2) is 189 Å². The van der Waals surface area contributed by atoms with Gasteiger partial charge >= 0.3 is 47.4 Å². The maximum atomic E-state index is 14.3. The number of benzene rings is 6. The maximum absolute atomic E-state index is 14.3. The van der Waals surface area contributed by atoms with Crippen LogP contribution in [-0.2, 0) is 69.9 Å². The Morgan fingerprint density at radius 1 is 0.442 bits per heavy atom. The minimum atomic E-state index is -1.16. The Morgan fingerprint density at radius 3 is 1.18 bits per heavy atom. The van der Waals surface area contributed by atoms with Crippen molar-refractivity contribution in [2.75, 3.05) is 26.4 Å². The van der Waals surface area contributed by atoms with Crippen LogP contribution in [0.3, 0.4) is 0 Å². The lowest BCUT2D eigenvalue weighted by Crippen LogP contribution is -2.48. The average Bonchev–Trinajstić information content (AvgIpc) is 1.62. The highest BCUT2D eigenvalue weighted by molar-refractivity contribution is 5.85. The van der Waals surface area contributed by atoms with Crippen molar-refractivity contribution in [3.63, 3.8) is 0 Å². The summed E-state index contributed by atoms with van der Waals surface area (Å²) in [4.78, 5) is 116. The fourth-order valence-corrected chi connectivity index (χ4v) is 15.7. The predicted octanol–water partition coefficient (Wildman–Crippen LogP) is 15.4. The first-order chi connectivity index (χ1) is 57.8. The summed E-state index contributed by atoms with van der Waals surface area (Å²) in [6, 6.07) is 48.0. The van der Waals surface area contributed by atoms with Gasteiger partial charge in [-0.15, -0.1) is 0 Å². The van der Waals surface area contributed by atoms with E-state index in [1.165, 1.54) is 33.1 Å².